The van der Waals surface area contributed by atoms with E-state index in [1.807, 2.05) is 24.3 Å². The summed E-state index contributed by atoms with van der Waals surface area (Å²) < 4.78 is 5.05. The van der Waals surface area contributed by atoms with Crippen LogP contribution in [0.15, 0.2) is 35.7 Å². The van der Waals surface area contributed by atoms with Crippen LogP contribution in [0.5, 0.6) is 5.75 Å². The fourth-order valence-corrected chi connectivity index (χ4v) is 2.48. The number of nitrogens with zero attached hydrogens (tertiary/aromatic N) is 1. The van der Waals surface area contributed by atoms with Crippen molar-refractivity contribution >= 4 is 34.2 Å². The lowest BCUT2D eigenvalue weighted by atomic mass is 10.3. The van der Waals surface area contributed by atoms with E-state index in [1.54, 1.807) is 18.6 Å². The minimum atomic E-state index is -0.202. The second kappa shape index (κ2) is 4.74. The molecular formula is C13H11N3O2S. The number of aromatic amines is 1. The van der Waals surface area contributed by atoms with Gasteiger partial charge in [-0.15, -0.1) is 11.3 Å². The minimum Gasteiger partial charge on any atom is -0.496 e. The summed E-state index contributed by atoms with van der Waals surface area (Å²) in [6.45, 7) is 0. The standard InChI is InChI=1S/C13H11N3O2S/c1-18-8-6-11(19-7-8)12(17)16-13-14-9-4-2-3-5-10(9)15-13/h2-7H,1H3,(H2,14,15,16,17). The van der Waals surface area contributed by atoms with Gasteiger partial charge in [-0.05, 0) is 12.1 Å². The number of hydrogen-bond acceptors (Lipinski definition) is 4. The second-order valence-electron chi connectivity index (χ2n) is 3.91. The van der Waals surface area contributed by atoms with Crippen LogP contribution >= 0.6 is 11.3 Å². The smallest absolute Gasteiger partial charge is 0.268 e. The summed E-state index contributed by atoms with van der Waals surface area (Å²) in [5.41, 5.74) is 1.71. The largest absolute Gasteiger partial charge is 0.496 e. The molecule has 96 valence electrons. The van der Waals surface area contributed by atoms with Crippen LogP contribution < -0.4 is 10.1 Å². The highest BCUT2D eigenvalue weighted by atomic mass is 32.1. The van der Waals surface area contributed by atoms with Crippen molar-refractivity contribution in [2.75, 3.05) is 12.4 Å². The van der Waals surface area contributed by atoms with Crippen LogP contribution in [0.1, 0.15) is 9.67 Å². The normalized spacial score (nSPS) is 10.6. The molecule has 0 saturated heterocycles. The van der Waals surface area contributed by atoms with E-state index >= 15 is 0 Å². The summed E-state index contributed by atoms with van der Waals surface area (Å²) in [6, 6.07) is 9.31. The van der Waals surface area contributed by atoms with Crippen molar-refractivity contribution in [3.05, 3.63) is 40.6 Å². The van der Waals surface area contributed by atoms with Crippen molar-refractivity contribution in [2.45, 2.75) is 0 Å². The molecule has 0 radical (unpaired) electrons. The average molecular weight is 273 g/mol. The molecule has 0 aliphatic rings. The number of anilines is 1. The molecule has 0 aliphatic carbocycles. The number of H-pyrrole nitrogens is 1. The third-order valence-electron chi connectivity index (χ3n) is 2.66. The Kier molecular flexibility index (Phi) is 2.92. The summed E-state index contributed by atoms with van der Waals surface area (Å²) in [4.78, 5) is 19.9. The van der Waals surface area contributed by atoms with Crippen molar-refractivity contribution < 1.29 is 9.53 Å². The monoisotopic (exact) mass is 273 g/mol. The molecule has 0 aliphatic heterocycles. The van der Waals surface area contributed by atoms with Gasteiger partial charge in [-0.25, -0.2) is 4.98 Å². The number of aromatic nitrogens is 2. The van der Waals surface area contributed by atoms with E-state index in [2.05, 4.69) is 15.3 Å². The number of carbonyl (C=O) groups is 1. The van der Waals surface area contributed by atoms with Crippen molar-refractivity contribution in [3.63, 3.8) is 0 Å². The number of nitrogens with one attached hydrogen (secondary N) is 2. The van der Waals surface area contributed by atoms with Crippen molar-refractivity contribution in [2.24, 2.45) is 0 Å². The Bertz CT molecular complexity index is 699. The molecule has 2 heterocycles. The molecule has 0 unspecified atom stereocenters. The number of carbonyl (C=O) groups excluding carboxylic acids is 1. The van der Waals surface area contributed by atoms with Crippen molar-refractivity contribution in [3.8, 4) is 5.75 Å². The fraction of sp³-hybridized carbons (Fsp3) is 0.0769. The lowest BCUT2D eigenvalue weighted by molar-refractivity contribution is 0.102. The molecule has 0 spiro atoms. The molecular weight excluding hydrogens is 262 g/mol. The summed E-state index contributed by atoms with van der Waals surface area (Å²) in [5.74, 6) is 0.922. The summed E-state index contributed by atoms with van der Waals surface area (Å²) in [7, 11) is 1.57. The predicted octanol–water partition coefficient (Wildman–Crippen LogP) is 2.89. The number of thiophene rings is 1. The topological polar surface area (TPSA) is 67.0 Å². The zero-order valence-corrected chi connectivity index (χ0v) is 11.0. The lowest BCUT2D eigenvalue weighted by Crippen LogP contribution is -2.11. The number of amides is 1. The van der Waals surface area contributed by atoms with E-state index in [0.29, 0.717) is 16.6 Å². The highest BCUT2D eigenvalue weighted by Gasteiger charge is 2.11. The Morgan fingerprint density at radius 1 is 1.42 bits per heavy atom. The van der Waals surface area contributed by atoms with Crippen LogP contribution in [0.4, 0.5) is 5.95 Å². The second-order valence-corrected chi connectivity index (χ2v) is 4.82. The molecule has 19 heavy (non-hydrogen) atoms. The van der Waals surface area contributed by atoms with Crippen LogP contribution in [0, 0.1) is 0 Å². The summed E-state index contributed by atoms with van der Waals surface area (Å²) in [5, 5.41) is 4.52. The summed E-state index contributed by atoms with van der Waals surface area (Å²) >= 11 is 1.33. The van der Waals surface area contributed by atoms with E-state index < -0.39 is 0 Å². The number of benzene rings is 1. The average Bonchev–Trinajstić information content (AvgIpc) is 3.04. The zero-order chi connectivity index (χ0) is 13.2. The van der Waals surface area contributed by atoms with E-state index in [9.17, 15) is 4.79 Å². The first-order valence-corrected chi connectivity index (χ1v) is 6.53. The summed E-state index contributed by atoms with van der Waals surface area (Å²) in [6.07, 6.45) is 0. The quantitative estimate of drug-likeness (QED) is 0.771. The molecule has 2 aromatic heterocycles. The van der Waals surface area contributed by atoms with Crippen LogP contribution in [-0.2, 0) is 0 Å². The molecule has 0 bridgehead atoms. The third kappa shape index (κ3) is 2.30. The first-order valence-electron chi connectivity index (χ1n) is 5.65. The maximum absolute atomic E-state index is 12.0. The van der Waals surface area contributed by atoms with Gasteiger partial charge in [0.2, 0.25) is 5.95 Å². The Labute approximate surface area is 113 Å². The van der Waals surface area contributed by atoms with Gasteiger partial charge in [-0.2, -0.15) is 0 Å². The molecule has 3 aromatic rings. The Morgan fingerprint density at radius 3 is 3.00 bits per heavy atom. The van der Waals surface area contributed by atoms with Gasteiger partial charge in [-0.3, -0.25) is 10.1 Å². The van der Waals surface area contributed by atoms with Crippen molar-refractivity contribution in [1.29, 1.82) is 0 Å². The Balaban J connectivity index is 1.82. The molecule has 0 atom stereocenters. The Hall–Kier alpha value is -2.34. The maximum Gasteiger partial charge on any atom is 0.268 e. The predicted molar refractivity (Wildman–Crippen MR) is 74.9 cm³/mol. The van der Waals surface area contributed by atoms with Crippen LogP contribution in [0.3, 0.4) is 0 Å². The molecule has 5 nitrogen and oxygen atoms in total. The number of methoxy groups -OCH3 is 1. The van der Waals surface area contributed by atoms with E-state index in [1.165, 1.54) is 11.3 Å². The van der Waals surface area contributed by atoms with Crippen LogP contribution in [0.2, 0.25) is 0 Å². The highest BCUT2D eigenvalue weighted by Crippen LogP contribution is 2.22. The third-order valence-corrected chi connectivity index (χ3v) is 3.56. The van der Waals surface area contributed by atoms with Gasteiger partial charge in [0.15, 0.2) is 0 Å². The number of hydrogen-bond donors (Lipinski definition) is 2. The van der Waals surface area contributed by atoms with Gasteiger partial charge in [0, 0.05) is 11.4 Å². The number of imidazole rings is 1. The minimum absolute atomic E-state index is 0.202. The van der Waals surface area contributed by atoms with Gasteiger partial charge in [0.25, 0.3) is 5.91 Å². The van der Waals surface area contributed by atoms with Crippen LogP contribution in [0.25, 0.3) is 11.0 Å². The maximum atomic E-state index is 12.0. The molecule has 2 N–H and O–H groups in total. The first-order chi connectivity index (χ1) is 9.26. The molecule has 0 fully saturated rings. The van der Waals surface area contributed by atoms with Gasteiger partial charge < -0.3 is 9.72 Å². The highest BCUT2D eigenvalue weighted by molar-refractivity contribution is 7.12. The molecule has 6 heteroatoms. The van der Waals surface area contributed by atoms with E-state index in [-0.39, 0.29) is 5.91 Å². The molecule has 1 aromatic carbocycles. The van der Waals surface area contributed by atoms with Gasteiger partial charge in [-0.1, -0.05) is 12.1 Å². The fourth-order valence-electron chi connectivity index (χ4n) is 1.73. The van der Waals surface area contributed by atoms with Gasteiger partial charge in [0.1, 0.15) is 5.75 Å². The van der Waals surface area contributed by atoms with Crippen LogP contribution in [-0.4, -0.2) is 23.0 Å². The van der Waals surface area contributed by atoms with E-state index in [4.69, 9.17) is 4.74 Å². The van der Waals surface area contributed by atoms with Crippen molar-refractivity contribution in [1.82, 2.24) is 9.97 Å². The van der Waals surface area contributed by atoms with Gasteiger partial charge >= 0.3 is 0 Å². The molecule has 1 amide bonds. The SMILES string of the molecule is COc1csc(C(=O)Nc2nc3ccccc3[nH]2)c1. The number of fused-ring (bicyclic) bond motifs is 1. The number of ether oxygens (including phenoxy) is 1. The van der Waals surface area contributed by atoms with Gasteiger partial charge in [0.05, 0.1) is 23.0 Å². The lowest BCUT2D eigenvalue weighted by Gasteiger charge is -1.97. The Morgan fingerprint density at radius 2 is 2.26 bits per heavy atom. The zero-order valence-electron chi connectivity index (χ0n) is 10.1. The molecule has 3 rings (SSSR count). The molecule has 0 saturated carbocycles. The number of rotatable bonds is 3. The number of para-hydroxylation sites is 2. The first kappa shape index (κ1) is 11.7. The van der Waals surface area contributed by atoms with E-state index in [0.717, 1.165) is 11.0 Å².